The molecule has 1 N–H and O–H groups in total. The van der Waals surface area contributed by atoms with Gasteiger partial charge in [0.1, 0.15) is 13.2 Å². The highest BCUT2D eigenvalue weighted by Gasteiger charge is 2.39. The molecule has 200 valence electrons. The first-order valence-corrected chi connectivity index (χ1v) is 12.4. The van der Waals surface area contributed by atoms with Crippen molar-refractivity contribution in [3.8, 4) is 0 Å². The van der Waals surface area contributed by atoms with Gasteiger partial charge in [0.2, 0.25) is 0 Å². The van der Waals surface area contributed by atoms with Crippen molar-refractivity contribution in [3.63, 3.8) is 0 Å². The second kappa shape index (κ2) is 14.7. The summed E-state index contributed by atoms with van der Waals surface area (Å²) in [5, 5.41) is 12.1. The summed E-state index contributed by atoms with van der Waals surface area (Å²) < 4.78 is 21.8. The number of carboxylic acid groups (broad SMARTS) is 1. The number of aliphatic carboxylic acids is 1. The van der Waals surface area contributed by atoms with Crippen LogP contribution in [-0.2, 0) is 39.9 Å². The number of ether oxygens (including phenoxy) is 4. The highest BCUT2D eigenvalue weighted by molar-refractivity contribution is 5.85. The van der Waals surface area contributed by atoms with E-state index in [0.29, 0.717) is 12.0 Å². The monoisotopic (exact) mass is 520 g/mol. The fourth-order valence-electron chi connectivity index (χ4n) is 3.82. The van der Waals surface area contributed by atoms with Crippen LogP contribution in [0.25, 0.3) is 10.8 Å². The summed E-state index contributed by atoms with van der Waals surface area (Å²) in [6, 6.07) is 22.4. The Bertz CT molecular complexity index is 1240. The van der Waals surface area contributed by atoms with Gasteiger partial charge in [-0.3, -0.25) is 0 Å². The van der Waals surface area contributed by atoms with Crippen molar-refractivity contribution in [1.82, 2.24) is 0 Å². The Balaban J connectivity index is 1.88. The summed E-state index contributed by atoms with van der Waals surface area (Å²) >= 11 is 0. The van der Waals surface area contributed by atoms with E-state index in [1.165, 1.54) is 0 Å². The minimum atomic E-state index is -1.76. The molecule has 0 saturated heterocycles. The minimum Gasteiger partial charge on any atom is -0.479 e. The van der Waals surface area contributed by atoms with Gasteiger partial charge in [-0.2, -0.15) is 0 Å². The number of benzene rings is 3. The first-order chi connectivity index (χ1) is 18.4. The van der Waals surface area contributed by atoms with Crippen molar-refractivity contribution in [2.75, 3.05) is 13.2 Å². The van der Waals surface area contributed by atoms with Crippen LogP contribution < -0.4 is 0 Å². The van der Waals surface area contributed by atoms with Crippen molar-refractivity contribution in [2.45, 2.75) is 45.2 Å². The van der Waals surface area contributed by atoms with Gasteiger partial charge in [-0.1, -0.05) is 78.9 Å². The third-order valence-corrected chi connectivity index (χ3v) is 5.70. The Labute approximate surface area is 221 Å². The number of fused-ring (bicyclic) bond motifs is 1. The van der Waals surface area contributed by atoms with Gasteiger partial charge in [0.15, 0.2) is 12.2 Å². The van der Waals surface area contributed by atoms with Crippen LogP contribution in [0.15, 0.2) is 84.9 Å². The smallest absolute Gasteiger partial charge is 0.339 e. The van der Waals surface area contributed by atoms with E-state index in [0.717, 1.165) is 16.3 Å². The topological polar surface area (TPSA) is 108 Å². The first kappa shape index (κ1) is 28.6. The molecular weight excluding hydrogens is 488 g/mol. The summed E-state index contributed by atoms with van der Waals surface area (Å²) in [5.41, 5.74) is 1.44. The van der Waals surface area contributed by atoms with E-state index in [4.69, 9.17) is 18.9 Å². The van der Waals surface area contributed by atoms with E-state index in [2.05, 4.69) is 0 Å². The molecule has 8 nitrogen and oxygen atoms in total. The molecule has 0 saturated carbocycles. The Morgan fingerprint density at radius 2 is 1.61 bits per heavy atom. The molecule has 0 aliphatic heterocycles. The maximum atomic E-state index is 13.1. The Hall–Kier alpha value is -4.01. The molecule has 0 fully saturated rings. The van der Waals surface area contributed by atoms with Gasteiger partial charge in [-0.15, -0.1) is 0 Å². The fraction of sp³-hybridized carbons (Fsp3) is 0.300. The number of allylic oxidation sites excluding steroid dienone is 1. The summed E-state index contributed by atoms with van der Waals surface area (Å²) in [5.74, 6) is -3.13. The zero-order chi connectivity index (χ0) is 27.3. The van der Waals surface area contributed by atoms with Crippen LogP contribution in [0.4, 0.5) is 0 Å². The average Bonchev–Trinajstić information content (AvgIpc) is 2.93. The average molecular weight is 521 g/mol. The number of hydrogen-bond donors (Lipinski definition) is 1. The summed E-state index contributed by atoms with van der Waals surface area (Å²) in [4.78, 5) is 37.4. The molecule has 0 aromatic heterocycles. The maximum Gasteiger partial charge on any atom is 0.339 e. The number of hydrogen-bond acceptors (Lipinski definition) is 7. The van der Waals surface area contributed by atoms with Gasteiger partial charge < -0.3 is 24.1 Å². The van der Waals surface area contributed by atoms with Crippen molar-refractivity contribution in [3.05, 3.63) is 96.1 Å². The minimum absolute atomic E-state index is 0.0993. The second-order valence-electron chi connectivity index (χ2n) is 8.42. The first-order valence-electron chi connectivity index (χ1n) is 12.4. The van der Waals surface area contributed by atoms with Crippen LogP contribution >= 0.6 is 0 Å². The van der Waals surface area contributed by atoms with Crippen molar-refractivity contribution >= 4 is 28.7 Å². The van der Waals surface area contributed by atoms with Crippen LogP contribution in [-0.4, -0.2) is 48.4 Å². The van der Waals surface area contributed by atoms with Crippen LogP contribution in [0.2, 0.25) is 0 Å². The lowest BCUT2D eigenvalue weighted by molar-refractivity contribution is -0.189. The standard InChI is InChI=1S/C30H32O8/c1-3-5-15-25(24-17-16-22-13-9-10-14-23(22)18-24)38-27(29(32)33)28(36-20-26(31)35-4-2)30(34)37-19-21-11-7-6-8-12-21/h3,5-14,16-18,25,27-28H,4,15,19-20H2,1-2H3,(H,32,33)/t25?,27-,28-/m1/s1. The van der Waals surface area contributed by atoms with Gasteiger partial charge in [0.25, 0.3) is 0 Å². The van der Waals surface area contributed by atoms with Crippen LogP contribution in [0.3, 0.4) is 0 Å². The van der Waals surface area contributed by atoms with E-state index < -0.39 is 42.8 Å². The third kappa shape index (κ3) is 8.26. The normalized spacial score (nSPS) is 13.6. The second-order valence-corrected chi connectivity index (χ2v) is 8.42. The molecule has 0 radical (unpaired) electrons. The van der Waals surface area contributed by atoms with Crippen LogP contribution in [0.5, 0.6) is 0 Å². The maximum absolute atomic E-state index is 13.1. The van der Waals surface area contributed by atoms with Gasteiger partial charge >= 0.3 is 17.9 Å². The van der Waals surface area contributed by atoms with E-state index in [9.17, 15) is 19.5 Å². The van der Waals surface area contributed by atoms with Crippen molar-refractivity contribution in [2.24, 2.45) is 0 Å². The number of carbonyl (C=O) groups is 3. The molecule has 0 aliphatic carbocycles. The van der Waals surface area contributed by atoms with E-state index in [1.807, 2.05) is 67.6 Å². The number of carboxylic acids is 1. The van der Waals surface area contributed by atoms with Gasteiger partial charge in [-0.25, -0.2) is 14.4 Å². The molecule has 3 rings (SSSR count). The summed E-state index contributed by atoms with van der Waals surface area (Å²) in [6.45, 7) is 2.84. The molecule has 0 amide bonds. The summed E-state index contributed by atoms with van der Waals surface area (Å²) in [6.07, 6.45) is -0.157. The molecular formula is C30H32O8. The van der Waals surface area contributed by atoms with E-state index in [-0.39, 0.29) is 13.2 Å². The van der Waals surface area contributed by atoms with Crippen LogP contribution in [0, 0.1) is 0 Å². The van der Waals surface area contributed by atoms with E-state index in [1.54, 1.807) is 31.2 Å². The largest absolute Gasteiger partial charge is 0.479 e. The SMILES string of the molecule is CC=CCC(O[C@@H](C(=O)O)[C@@H](OCC(=O)OCC)C(=O)OCc1ccccc1)c1ccc2ccccc2c1. The van der Waals surface area contributed by atoms with Gasteiger partial charge in [0.05, 0.1) is 12.7 Å². The lowest BCUT2D eigenvalue weighted by Gasteiger charge is -2.27. The highest BCUT2D eigenvalue weighted by Crippen LogP contribution is 2.28. The Kier molecular flexibility index (Phi) is 11.0. The fourth-order valence-corrected chi connectivity index (χ4v) is 3.82. The molecule has 0 aliphatic rings. The summed E-state index contributed by atoms with van der Waals surface area (Å²) in [7, 11) is 0. The molecule has 1 unspecified atom stereocenters. The third-order valence-electron chi connectivity index (χ3n) is 5.70. The van der Waals surface area contributed by atoms with Crippen molar-refractivity contribution < 1.29 is 38.4 Å². The number of esters is 2. The Morgan fingerprint density at radius 1 is 0.895 bits per heavy atom. The predicted molar refractivity (Wildman–Crippen MR) is 141 cm³/mol. The Morgan fingerprint density at radius 3 is 2.29 bits per heavy atom. The number of carbonyl (C=O) groups excluding carboxylic acids is 2. The quantitative estimate of drug-likeness (QED) is 0.233. The molecule has 3 aromatic carbocycles. The van der Waals surface area contributed by atoms with Gasteiger partial charge in [0, 0.05) is 0 Å². The van der Waals surface area contributed by atoms with Gasteiger partial charge in [-0.05, 0) is 48.2 Å². The van der Waals surface area contributed by atoms with Crippen molar-refractivity contribution in [1.29, 1.82) is 0 Å². The lowest BCUT2D eigenvalue weighted by atomic mass is 10.0. The zero-order valence-corrected chi connectivity index (χ0v) is 21.4. The molecule has 0 spiro atoms. The molecule has 3 aromatic rings. The molecule has 38 heavy (non-hydrogen) atoms. The molecule has 0 bridgehead atoms. The van der Waals surface area contributed by atoms with Crippen LogP contribution in [0.1, 0.15) is 37.5 Å². The molecule has 0 heterocycles. The zero-order valence-electron chi connectivity index (χ0n) is 21.4. The van der Waals surface area contributed by atoms with E-state index >= 15 is 0 Å². The molecule has 8 heteroatoms. The number of rotatable bonds is 14. The molecule has 3 atom stereocenters. The lowest BCUT2D eigenvalue weighted by Crippen LogP contribution is -2.46. The highest BCUT2D eigenvalue weighted by atomic mass is 16.6. The predicted octanol–water partition coefficient (Wildman–Crippen LogP) is 5.01.